The van der Waals surface area contributed by atoms with Gasteiger partial charge in [0, 0.05) is 34.1 Å². The second-order valence-corrected chi connectivity index (χ2v) is 29.5. The SMILES string of the molecule is Cc1ccc(N2c3ccc(C)cc3B3c4cc(C(C)(C)C)ccc4N(c4ccc(C(C)(C)C)cc4)c4c([Si](C)(C)C)cc([Si](C)(C)C)c2c43)cc1. The molecule has 0 atom stereocenters. The first-order valence-corrected chi connectivity index (χ1v) is 25.9. The van der Waals surface area contributed by atoms with Crippen LogP contribution in [-0.2, 0) is 10.8 Å². The number of hydrogen-bond donors (Lipinski definition) is 0. The van der Waals surface area contributed by atoms with Gasteiger partial charge in [-0.25, -0.2) is 0 Å². The highest BCUT2D eigenvalue weighted by Gasteiger charge is 2.48. The third kappa shape index (κ3) is 6.04. The minimum absolute atomic E-state index is 0.0268. The van der Waals surface area contributed by atoms with Crippen LogP contribution in [0.15, 0.2) is 91.0 Å². The Balaban J connectivity index is 1.70. The van der Waals surface area contributed by atoms with E-state index in [1.807, 2.05) is 0 Å². The molecule has 2 nitrogen and oxygen atoms in total. The fraction of sp³-hybridized carbons (Fsp3) is 0.348. The maximum absolute atomic E-state index is 2.69. The van der Waals surface area contributed by atoms with Crippen molar-refractivity contribution in [2.24, 2.45) is 0 Å². The summed E-state index contributed by atoms with van der Waals surface area (Å²) in [5.74, 6) is 0. The lowest BCUT2D eigenvalue weighted by Crippen LogP contribution is -2.66. The summed E-state index contributed by atoms with van der Waals surface area (Å²) in [6.07, 6.45) is 0. The lowest BCUT2D eigenvalue weighted by Gasteiger charge is -2.48. The van der Waals surface area contributed by atoms with E-state index in [0.29, 0.717) is 0 Å². The molecule has 2 aliphatic heterocycles. The Morgan fingerprint density at radius 1 is 0.471 bits per heavy atom. The largest absolute Gasteiger partial charge is 0.312 e. The third-order valence-electron chi connectivity index (χ3n) is 11.1. The molecule has 0 fully saturated rings. The topological polar surface area (TPSA) is 6.48 Å². The van der Waals surface area contributed by atoms with E-state index in [9.17, 15) is 0 Å². The van der Waals surface area contributed by atoms with Gasteiger partial charge in [-0.1, -0.05) is 147 Å². The van der Waals surface area contributed by atoms with E-state index in [1.165, 1.54) is 72.8 Å². The highest BCUT2D eigenvalue weighted by Crippen LogP contribution is 2.45. The molecule has 0 aromatic heterocycles. The van der Waals surface area contributed by atoms with Crippen LogP contribution in [0.25, 0.3) is 0 Å². The van der Waals surface area contributed by atoms with E-state index in [-0.39, 0.29) is 17.5 Å². The number of aryl methyl sites for hydroxylation is 2. The monoisotopic (exact) mass is 704 g/mol. The van der Waals surface area contributed by atoms with Crippen molar-refractivity contribution >= 4 is 83.7 Å². The summed E-state index contributed by atoms with van der Waals surface area (Å²) in [4.78, 5) is 5.31. The van der Waals surface area contributed by atoms with Gasteiger partial charge in [-0.05, 0) is 99.0 Å². The number of hydrogen-bond acceptors (Lipinski definition) is 2. The Hall–Kier alpha value is -3.80. The van der Waals surface area contributed by atoms with Gasteiger partial charge in [0.05, 0.1) is 16.1 Å². The predicted octanol–water partition coefficient (Wildman–Crippen LogP) is 10.1. The summed E-state index contributed by atoms with van der Waals surface area (Å²) in [5, 5.41) is 3.13. The quantitative estimate of drug-likeness (QED) is 0.168. The zero-order chi connectivity index (χ0) is 37.0. The summed E-state index contributed by atoms with van der Waals surface area (Å²) in [6.45, 7) is 33.8. The molecule has 7 rings (SSSR count). The van der Waals surface area contributed by atoms with Crippen molar-refractivity contribution in [3.05, 3.63) is 113 Å². The molecule has 0 radical (unpaired) electrons. The predicted molar refractivity (Wildman–Crippen MR) is 233 cm³/mol. The standard InChI is InChI=1S/C46H57BN2Si2/c1-30-15-21-34(22-16-30)48-38-25-17-31(2)27-36(38)47-37-28-33(46(6,7)8)20-26-39(37)49(35-23-18-32(19-24-35)45(3,4)5)44-41(51(12,13)14)29-40(50(9,10)11)43(48)42(44)47/h15-29H,1-14H3. The van der Waals surface area contributed by atoms with E-state index in [0.717, 1.165) is 0 Å². The minimum atomic E-state index is -1.89. The first-order valence-electron chi connectivity index (χ1n) is 18.9. The number of fused-ring (bicyclic) bond motifs is 4. The maximum atomic E-state index is 2.69. The molecule has 0 amide bonds. The Morgan fingerprint density at radius 2 is 0.882 bits per heavy atom. The molecular weight excluding hydrogens is 648 g/mol. The molecule has 0 bridgehead atoms. The summed E-state index contributed by atoms with van der Waals surface area (Å²) in [5.41, 5.74) is 17.7. The zero-order valence-electron chi connectivity index (χ0n) is 33.6. The van der Waals surface area contributed by atoms with Crippen LogP contribution in [0.1, 0.15) is 63.8 Å². The van der Waals surface area contributed by atoms with Crippen molar-refractivity contribution in [2.45, 2.75) is 106 Å². The van der Waals surface area contributed by atoms with Crippen molar-refractivity contribution in [2.75, 3.05) is 9.80 Å². The van der Waals surface area contributed by atoms with Crippen LogP contribution in [0.2, 0.25) is 39.3 Å². The van der Waals surface area contributed by atoms with E-state index in [2.05, 4.69) is 195 Å². The molecule has 0 spiro atoms. The van der Waals surface area contributed by atoms with Gasteiger partial charge in [0.1, 0.15) is 0 Å². The molecule has 2 heterocycles. The van der Waals surface area contributed by atoms with Crippen molar-refractivity contribution in [1.82, 2.24) is 0 Å². The molecule has 0 aliphatic carbocycles. The molecule has 51 heavy (non-hydrogen) atoms. The smallest absolute Gasteiger partial charge is 0.252 e. The zero-order valence-corrected chi connectivity index (χ0v) is 35.6. The van der Waals surface area contributed by atoms with E-state index < -0.39 is 16.1 Å². The third-order valence-corrected chi connectivity index (χ3v) is 15.1. The van der Waals surface area contributed by atoms with Gasteiger partial charge in [-0.15, -0.1) is 0 Å². The van der Waals surface area contributed by atoms with Crippen LogP contribution in [0.3, 0.4) is 0 Å². The summed E-state index contributed by atoms with van der Waals surface area (Å²) >= 11 is 0. The summed E-state index contributed by atoms with van der Waals surface area (Å²) in [7, 11) is -3.77. The fourth-order valence-corrected chi connectivity index (χ4v) is 11.4. The van der Waals surface area contributed by atoms with Crippen LogP contribution < -0.4 is 36.6 Å². The highest BCUT2D eigenvalue weighted by atomic mass is 28.3. The molecule has 5 aromatic rings. The summed E-state index contributed by atoms with van der Waals surface area (Å²) in [6, 6.07) is 36.0. The second-order valence-electron chi connectivity index (χ2n) is 19.4. The number of rotatable bonds is 4. The van der Waals surface area contributed by atoms with E-state index in [1.54, 1.807) is 10.4 Å². The molecule has 5 aromatic carbocycles. The molecule has 0 unspecified atom stereocenters. The number of nitrogens with zero attached hydrogens (tertiary/aromatic N) is 2. The molecule has 0 N–H and O–H groups in total. The highest BCUT2D eigenvalue weighted by molar-refractivity contribution is 7.03. The van der Waals surface area contributed by atoms with Crippen LogP contribution >= 0.6 is 0 Å². The minimum Gasteiger partial charge on any atom is -0.312 e. The van der Waals surface area contributed by atoms with Crippen LogP contribution in [0.5, 0.6) is 0 Å². The van der Waals surface area contributed by atoms with Crippen molar-refractivity contribution < 1.29 is 0 Å². The Bertz CT molecular complexity index is 2160. The molecule has 0 saturated carbocycles. The number of benzene rings is 5. The van der Waals surface area contributed by atoms with Crippen molar-refractivity contribution in [3.8, 4) is 0 Å². The molecule has 5 heteroatoms. The van der Waals surface area contributed by atoms with Crippen molar-refractivity contribution in [1.29, 1.82) is 0 Å². The molecule has 2 aliphatic rings. The summed E-state index contributed by atoms with van der Waals surface area (Å²) < 4.78 is 0. The van der Waals surface area contributed by atoms with Crippen molar-refractivity contribution in [3.63, 3.8) is 0 Å². The van der Waals surface area contributed by atoms with Gasteiger partial charge in [0.2, 0.25) is 0 Å². The van der Waals surface area contributed by atoms with Crippen LogP contribution in [-0.4, -0.2) is 22.9 Å². The van der Waals surface area contributed by atoms with Gasteiger partial charge in [0.25, 0.3) is 6.71 Å². The van der Waals surface area contributed by atoms with Crippen LogP contribution in [0.4, 0.5) is 34.1 Å². The first kappa shape index (κ1) is 35.6. The average molecular weight is 705 g/mol. The molecule has 0 saturated heterocycles. The Morgan fingerprint density at radius 3 is 1.35 bits per heavy atom. The van der Waals surface area contributed by atoms with E-state index >= 15 is 0 Å². The number of anilines is 6. The normalized spacial score (nSPS) is 14.4. The van der Waals surface area contributed by atoms with Gasteiger partial charge >= 0.3 is 0 Å². The lowest BCUT2D eigenvalue weighted by atomic mass is 9.33. The van der Waals surface area contributed by atoms with Gasteiger partial charge in [-0.2, -0.15) is 0 Å². The van der Waals surface area contributed by atoms with E-state index in [4.69, 9.17) is 0 Å². The lowest BCUT2D eigenvalue weighted by molar-refractivity contribution is 0.590. The molecular formula is C46H57BN2Si2. The second kappa shape index (κ2) is 11.9. The Kier molecular flexibility index (Phi) is 8.28. The van der Waals surface area contributed by atoms with Gasteiger partial charge in [0.15, 0.2) is 0 Å². The molecule has 262 valence electrons. The van der Waals surface area contributed by atoms with Gasteiger partial charge < -0.3 is 9.80 Å². The van der Waals surface area contributed by atoms with Gasteiger partial charge in [-0.3, -0.25) is 0 Å². The Labute approximate surface area is 311 Å². The fourth-order valence-electron chi connectivity index (χ4n) is 8.21. The van der Waals surface area contributed by atoms with Crippen LogP contribution in [0, 0.1) is 13.8 Å². The average Bonchev–Trinajstić information content (AvgIpc) is 3.03. The first-order chi connectivity index (χ1) is 23.7. The maximum Gasteiger partial charge on any atom is 0.252 e.